The highest BCUT2D eigenvalue weighted by Gasteiger charge is 2.32. The zero-order valence-corrected chi connectivity index (χ0v) is 38.0. The minimum absolute atomic E-state index is 0.00920. The molecular weight excluding hydrogens is 931 g/mol. The summed E-state index contributed by atoms with van der Waals surface area (Å²) in [6, 6.07) is 17.8. The number of rotatable bonds is 10. The molecule has 3 aliphatic rings. The number of imidazole rings is 1. The van der Waals surface area contributed by atoms with Crippen molar-refractivity contribution in [3.05, 3.63) is 133 Å². The second-order valence-corrected chi connectivity index (χ2v) is 18.6. The average Bonchev–Trinajstić information content (AvgIpc) is 4.09. The van der Waals surface area contributed by atoms with Crippen molar-refractivity contribution in [1.29, 1.82) is 0 Å². The first-order valence-electron chi connectivity index (χ1n) is 19.9. The third kappa shape index (κ3) is 9.12. The molecule has 0 saturated heterocycles. The number of benzene rings is 2. The number of aromatic nitrogens is 4. The van der Waals surface area contributed by atoms with Crippen LogP contribution in [0.25, 0.3) is 63.5 Å². The van der Waals surface area contributed by atoms with E-state index in [1.54, 1.807) is 55.1 Å². The van der Waals surface area contributed by atoms with Crippen LogP contribution in [-0.2, 0) is 9.59 Å². The summed E-state index contributed by atoms with van der Waals surface area (Å²) in [5.74, 6) is 2.47. The van der Waals surface area contributed by atoms with Crippen molar-refractivity contribution in [1.82, 2.24) is 25.3 Å². The summed E-state index contributed by atoms with van der Waals surface area (Å²) < 4.78 is 0. The van der Waals surface area contributed by atoms with Gasteiger partial charge in [0.15, 0.2) is 0 Å². The molecule has 10 rings (SSSR count). The van der Waals surface area contributed by atoms with E-state index in [0.717, 1.165) is 79.8 Å². The number of pyridine rings is 2. The molecule has 18 heteroatoms. The van der Waals surface area contributed by atoms with E-state index in [-0.39, 0.29) is 23.7 Å². The van der Waals surface area contributed by atoms with E-state index in [0.29, 0.717) is 66.6 Å². The van der Waals surface area contributed by atoms with E-state index in [9.17, 15) is 9.59 Å². The van der Waals surface area contributed by atoms with Gasteiger partial charge < -0.3 is 20.9 Å². The van der Waals surface area contributed by atoms with Crippen LogP contribution in [0.5, 0.6) is 0 Å². The molecule has 318 valence electrons. The van der Waals surface area contributed by atoms with E-state index in [1.807, 2.05) is 30.3 Å². The van der Waals surface area contributed by atoms with Crippen LogP contribution < -0.4 is 16.0 Å². The molecule has 6 heterocycles. The smallest absolute Gasteiger partial charge is 0.228 e. The Kier molecular flexibility index (Phi) is 12.5. The number of amidine groups is 1. The summed E-state index contributed by atoms with van der Waals surface area (Å²) in [6.45, 7) is 17.3. The van der Waals surface area contributed by atoms with Crippen molar-refractivity contribution in [2.75, 3.05) is 23.7 Å². The van der Waals surface area contributed by atoms with Crippen LogP contribution in [-0.4, -0.2) is 50.7 Å². The lowest BCUT2D eigenvalue weighted by molar-refractivity contribution is -0.118. The van der Waals surface area contributed by atoms with Gasteiger partial charge in [-0.25, -0.2) is 24.6 Å². The van der Waals surface area contributed by atoms with Crippen molar-refractivity contribution in [3.63, 3.8) is 0 Å². The number of amides is 2. The Morgan fingerprint density at radius 3 is 1.61 bits per heavy atom. The normalized spacial score (nSPS) is 14.1. The quantitative estimate of drug-likeness (QED) is 0.100. The second-order valence-electron chi connectivity index (χ2n) is 14.9. The van der Waals surface area contributed by atoms with Gasteiger partial charge in [0.2, 0.25) is 23.2 Å². The fourth-order valence-corrected chi connectivity index (χ4v) is 10.5. The number of H-pyrrole nitrogens is 1. The number of nitrogens with zero attached hydrogens (tertiary/aromatic N) is 6. The van der Waals surface area contributed by atoms with Crippen molar-refractivity contribution < 1.29 is 9.59 Å². The summed E-state index contributed by atoms with van der Waals surface area (Å²) in [7, 11) is 0. The Bertz CT molecular complexity index is 3090. The average molecular weight is 963 g/mol. The summed E-state index contributed by atoms with van der Waals surface area (Å²) in [6.07, 6.45) is 10.3. The van der Waals surface area contributed by atoms with Crippen molar-refractivity contribution in [3.8, 4) is 53.8 Å². The number of aromatic amines is 1. The fraction of sp³-hybridized carbons (Fsp3) is 0.174. The van der Waals surface area contributed by atoms with Gasteiger partial charge in [-0.3, -0.25) is 14.6 Å². The van der Waals surface area contributed by atoms with Crippen molar-refractivity contribution in [2.45, 2.75) is 25.7 Å². The highest BCUT2D eigenvalue weighted by molar-refractivity contribution is 7.20. The highest BCUT2D eigenvalue weighted by atomic mass is 35.5. The fourth-order valence-electron chi connectivity index (χ4n) is 7.03. The molecule has 12 nitrogen and oxygen atoms in total. The van der Waals surface area contributed by atoms with Crippen LogP contribution in [0.4, 0.5) is 23.0 Å². The second kappa shape index (κ2) is 18.6. The van der Waals surface area contributed by atoms with Crippen LogP contribution in [0.3, 0.4) is 0 Å². The predicted molar refractivity (Wildman–Crippen MR) is 258 cm³/mol. The largest absolute Gasteiger partial charge is 0.367 e. The highest BCUT2D eigenvalue weighted by Crippen LogP contribution is 2.54. The first-order valence-corrected chi connectivity index (χ1v) is 23.1. The molecule has 64 heavy (non-hydrogen) atoms. The van der Waals surface area contributed by atoms with Gasteiger partial charge in [0.1, 0.15) is 23.3 Å². The number of hydrogen-bond acceptors (Lipinski definition) is 9. The zero-order chi connectivity index (χ0) is 44.5. The van der Waals surface area contributed by atoms with Crippen LogP contribution in [0, 0.1) is 25.0 Å². The summed E-state index contributed by atoms with van der Waals surface area (Å²) in [5, 5.41) is 11.0. The van der Waals surface area contributed by atoms with Crippen LogP contribution in [0.2, 0.25) is 20.1 Å². The van der Waals surface area contributed by atoms with Gasteiger partial charge in [-0.05, 0) is 96.5 Å². The maximum atomic E-state index is 12.2. The Labute approximate surface area is 395 Å². The maximum absolute atomic E-state index is 12.2. The summed E-state index contributed by atoms with van der Waals surface area (Å²) in [4.78, 5) is 55.9. The number of carbonyl (C=O) groups is 2. The number of anilines is 2. The summed E-state index contributed by atoms with van der Waals surface area (Å²) in [5.41, 5.74) is 5.38. The molecular formula is C46H32Cl4N10O2S2. The minimum atomic E-state index is -0.0175. The maximum Gasteiger partial charge on any atom is 0.228 e. The molecule has 0 spiro atoms. The SMILES string of the molecule is [C-]#[N+]c1c(-c2ccnc(NC(=O)C3CC3)c2)sc(-c2ncc[nH]2)c1-c1ccc(Cl)cc1Cl.[C-]#[N+]c1c(-c2ccnc(NC(=O)C3CC3)c2)sc(C2=NCCN2)c1-c1ccc(Cl)cc1Cl. The van der Waals surface area contributed by atoms with Crippen molar-refractivity contribution in [2.24, 2.45) is 16.8 Å². The topological polar surface area (TPSA) is 146 Å². The van der Waals surface area contributed by atoms with Gasteiger partial charge in [0, 0.05) is 84.1 Å². The first kappa shape index (κ1) is 43.2. The number of nitrogens with one attached hydrogen (secondary N) is 4. The van der Waals surface area contributed by atoms with E-state index in [4.69, 9.17) is 59.5 Å². The predicted octanol–water partition coefficient (Wildman–Crippen LogP) is 13.1. The summed E-state index contributed by atoms with van der Waals surface area (Å²) >= 11 is 28.2. The molecule has 2 aliphatic carbocycles. The van der Waals surface area contributed by atoms with E-state index in [1.165, 1.54) is 22.7 Å². The van der Waals surface area contributed by atoms with Gasteiger partial charge in [0.25, 0.3) is 0 Å². The molecule has 4 N–H and O–H groups in total. The number of thiophene rings is 2. The molecule has 2 fully saturated rings. The third-order valence-corrected chi connectivity index (χ3v) is 14.0. The zero-order valence-electron chi connectivity index (χ0n) is 33.3. The Morgan fingerprint density at radius 1 is 0.656 bits per heavy atom. The Balaban J connectivity index is 0.000000162. The van der Waals surface area contributed by atoms with Gasteiger partial charge in [0.05, 0.1) is 29.4 Å². The van der Waals surface area contributed by atoms with Gasteiger partial charge in [-0.1, -0.05) is 58.5 Å². The minimum Gasteiger partial charge on any atom is -0.367 e. The lowest BCUT2D eigenvalue weighted by Gasteiger charge is -2.09. The number of halogens is 4. The first-order chi connectivity index (χ1) is 31.1. The van der Waals surface area contributed by atoms with Gasteiger partial charge in [-0.15, -0.1) is 22.7 Å². The van der Waals surface area contributed by atoms with Crippen LogP contribution >= 0.6 is 69.1 Å². The van der Waals surface area contributed by atoms with E-state index in [2.05, 4.69) is 50.6 Å². The number of carbonyl (C=O) groups excluding carboxylic acids is 2. The number of hydrogen-bond donors (Lipinski definition) is 4. The monoisotopic (exact) mass is 960 g/mol. The molecule has 0 radical (unpaired) electrons. The Hall–Kier alpha value is -6.10. The standard InChI is InChI=1S/C23H17Cl2N5OS.C23H15Cl2N5OS/c2*1-26-19-18(15-5-4-14(24)11-16(15)25)21(22-28-8-9-29-22)32-20(19)13-6-7-27-17(10-13)30-23(31)12-2-3-12/h4-7,10-12H,2-3,8-9H2,(H,28,29)(H,27,30,31);4-12H,2-3H2,(H,28,29)(H,27,30,31). The molecule has 2 saturated carbocycles. The molecule has 2 aromatic carbocycles. The third-order valence-electron chi connectivity index (χ3n) is 10.4. The molecule has 5 aromatic heterocycles. The molecule has 1 aliphatic heterocycles. The van der Waals surface area contributed by atoms with E-state index < -0.39 is 0 Å². The van der Waals surface area contributed by atoms with Crippen LogP contribution in [0.1, 0.15) is 30.6 Å². The molecule has 7 aromatic rings. The van der Waals surface area contributed by atoms with Gasteiger partial charge >= 0.3 is 0 Å². The lowest BCUT2D eigenvalue weighted by atomic mass is 10.0. The molecule has 0 atom stereocenters. The lowest BCUT2D eigenvalue weighted by Crippen LogP contribution is -2.18. The van der Waals surface area contributed by atoms with Gasteiger partial charge in [-0.2, -0.15) is 0 Å². The van der Waals surface area contributed by atoms with E-state index >= 15 is 0 Å². The van der Waals surface area contributed by atoms with Crippen molar-refractivity contribution >= 4 is 110 Å². The molecule has 0 bridgehead atoms. The molecule has 0 unspecified atom stereocenters. The van der Waals surface area contributed by atoms with Crippen LogP contribution in [0.15, 0.2) is 90.4 Å². The number of aliphatic imine (C=N–C) groups is 1. The molecule has 2 amide bonds. The Morgan fingerprint density at radius 2 is 1.17 bits per heavy atom.